The van der Waals surface area contributed by atoms with Crippen LogP contribution in [0.3, 0.4) is 0 Å². The molecule has 0 heterocycles. The Labute approximate surface area is 113 Å². The molecule has 0 aliphatic carbocycles. The van der Waals surface area contributed by atoms with Crippen LogP contribution in [0.2, 0.25) is 0 Å². The summed E-state index contributed by atoms with van der Waals surface area (Å²) in [5.74, 6) is -0.583. The Balaban J connectivity index is 3.87. The lowest BCUT2D eigenvalue weighted by Crippen LogP contribution is -2.44. The van der Waals surface area contributed by atoms with Gasteiger partial charge in [0, 0.05) is 20.0 Å². The molecule has 3 amide bonds. The van der Waals surface area contributed by atoms with Gasteiger partial charge in [-0.25, -0.2) is 4.79 Å². The maximum Gasteiger partial charge on any atom is 0.407 e. The van der Waals surface area contributed by atoms with Crippen molar-refractivity contribution in [1.29, 1.82) is 0 Å². The number of hydrogen-bond donors (Lipinski definition) is 3. The van der Waals surface area contributed by atoms with Crippen LogP contribution >= 0.6 is 0 Å². The summed E-state index contributed by atoms with van der Waals surface area (Å²) in [5.41, 5.74) is -0.569. The van der Waals surface area contributed by atoms with Gasteiger partial charge in [0.25, 0.3) is 0 Å². The number of hydrogen-bond acceptors (Lipinski definition) is 4. The van der Waals surface area contributed by atoms with Crippen LogP contribution in [0.15, 0.2) is 0 Å². The fraction of sp³-hybridized carbons (Fsp3) is 0.750. The second-order valence-corrected chi connectivity index (χ2v) is 5.08. The summed E-state index contributed by atoms with van der Waals surface area (Å²) in [6, 6.07) is -0.598. The highest BCUT2D eigenvalue weighted by molar-refractivity contribution is 5.87. The number of rotatable bonds is 5. The van der Waals surface area contributed by atoms with Gasteiger partial charge in [-0.2, -0.15) is 0 Å². The molecule has 7 heteroatoms. The third-order valence-electron chi connectivity index (χ3n) is 2.04. The molecule has 19 heavy (non-hydrogen) atoms. The van der Waals surface area contributed by atoms with Crippen LogP contribution < -0.4 is 16.0 Å². The van der Waals surface area contributed by atoms with Crippen molar-refractivity contribution in [2.75, 3.05) is 13.6 Å². The molecule has 0 spiro atoms. The van der Waals surface area contributed by atoms with E-state index in [-0.39, 0.29) is 24.8 Å². The molecule has 0 unspecified atom stereocenters. The molecular formula is C12H23N3O4. The second kappa shape index (κ2) is 7.60. The fourth-order valence-corrected chi connectivity index (χ4v) is 1.19. The first-order valence-electron chi connectivity index (χ1n) is 6.13. The highest BCUT2D eigenvalue weighted by Gasteiger charge is 2.17. The maximum atomic E-state index is 11.5. The van der Waals surface area contributed by atoms with Gasteiger partial charge in [-0.15, -0.1) is 0 Å². The van der Waals surface area contributed by atoms with Gasteiger partial charge in [0.1, 0.15) is 11.6 Å². The second-order valence-electron chi connectivity index (χ2n) is 5.08. The molecule has 0 bridgehead atoms. The highest BCUT2D eigenvalue weighted by atomic mass is 16.6. The van der Waals surface area contributed by atoms with Gasteiger partial charge in [0.15, 0.2) is 0 Å². The third-order valence-corrected chi connectivity index (χ3v) is 2.04. The molecule has 0 fully saturated rings. The van der Waals surface area contributed by atoms with Gasteiger partial charge in [0.05, 0.1) is 0 Å². The molecular weight excluding hydrogens is 250 g/mol. The van der Waals surface area contributed by atoms with Crippen LogP contribution in [0.5, 0.6) is 0 Å². The van der Waals surface area contributed by atoms with Crippen LogP contribution in [0, 0.1) is 0 Å². The zero-order chi connectivity index (χ0) is 15.1. The van der Waals surface area contributed by atoms with E-state index in [2.05, 4.69) is 16.0 Å². The van der Waals surface area contributed by atoms with Crippen molar-refractivity contribution in [3.05, 3.63) is 0 Å². The van der Waals surface area contributed by atoms with Gasteiger partial charge >= 0.3 is 6.09 Å². The molecule has 1 atom stereocenters. The van der Waals surface area contributed by atoms with Crippen LogP contribution in [-0.4, -0.2) is 43.1 Å². The van der Waals surface area contributed by atoms with Gasteiger partial charge in [-0.05, 0) is 27.7 Å². The Morgan fingerprint density at radius 2 is 1.79 bits per heavy atom. The molecule has 0 radical (unpaired) electrons. The molecule has 3 N–H and O–H groups in total. The van der Waals surface area contributed by atoms with Crippen molar-refractivity contribution in [2.24, 2.45) is 0 Å². The number of likely N-dealkylation sites (N-methyl/N-ethyl adjacent to an activating group) is 1. The Hall–Kier alpha value is -1.79. The molecule has 7 nitrogen and oxygen atoms in total. The highest BCUT2D eigenvalue weighted by Crippen LogP contribution is 2.06. The van der Waals surface area contributed by atoms with Gasteiger partial charge < -0.3 is 20.7 Å². The molecule has 0 rings (SSSR count). The Kier molecular flexibility index (Phi) is 6.89. The Morgan fingerprint density at radius 3 is 2.26 bits per heavy atom. The first kappa shape index (κ1) is 17.2. The molecule has 0 aliphatic heterocycles. The molecule has 0 aromatic heterocycles. The maximum absolute atomic E-state index is 11.5. The molecule has 0 aromatic rings. The third kappa shape index (κ3) is 8.87. The van der Waals surface area contributed by atoms with Crippen molar-refractivity contribution in [3.8, 4) is 0 Å². The summed E-state index contributed by atoms with van der Waals surface area (Å²) in [5, 5.41) is 7.40. The number of carbonyl (C=O) groups excluding carboxylic acids is 3. The minimum Gasteiger partial charge on any atom is -0.444 e. The molecule has 0 aliphatic rings. The number of amides is 3. The monoisotopic (exact) mass is 273 g/mol. The summed E-state index contributed by atoms with van der Waals surface area (Å²) in [6.07, 6.45) is -0.486. The van der Waals surface area contributed by atoms with Crippen LogP contribution in [0.1, 0.15) is 34.1 Å². The van der Waals surface area contributed by atoms with Crippen molar-refractivity contribution in [2.45, 2.75) is 45.8 Å². The first-order valence-corrected chi connectivity index (χ1v) is 6.13. The number of carbonyl (C=O) groups is 3. The van der Waals surface area contributed by atoms with E-state index in [4.69, 9.17) is 4.74 Å². The fourth-order valence-electron chi connectivity index (χ4n) is 1.19. The lowest BCUT2D eigenvalue weighted by atomic mass is 10.2. The smallest absolute Gasteiger partial charge is 0.407 e. The average molecular weight is 273 g/mol. The molecule has 0 aromatic carbocycles. The number of ether oxygens (including phenoxy) is 1. The minimum atomic E-state index is -0.598. The van der Waals surface area contributed by atoms with Gasteiger partial charge in [-0.1, -0.05) is 0 Å². The number of nitrogens with one attached hydrogen (secondary N) is 3. The quantitative estimate of drug-likeness (QED) is 0.664. The largest absolute Gasteiger partial charge is 0.444 e. The minimum absolute atomic E-state index is 0.0839. The van der Waals surface area contributed by atoms with Crippen molar-refractivity contribution < 1.29 is 19.1 Å². The van der Waals surface area contributed by atoms with Gasteiger partial charge in [0.2, 0.25) is 11.8 Å². The standard InChI is InChI=1S/C12H23N3O4/c1-8(10(17)13-5)15-9(16)6-7-14-11(18)19-12(2,3)4/h8H,6-7H2,1-5H3,(H,13,17)(H,14,18)(H,15,16)/t8-/m1/s1. The SMILES string of the molecule is CNC(=O)[C@@H](C)NC(=O)CCNC(=O)OC(C)(C)C. The first-order chi connectivity index (χ1) is 8.65. The topological polar surface area (TPSA) is 96.5 Å². The predicted octanol–water partition coefficient (Wildman–Crippen LogP) is 0.152. The van der Waals surface area contributed by atoms with E-state index in [0.29, 0.717) is 0 Å². The van der Waals surface area contributed by atoms with Crippen LogP contribution in [0.25, 0.3) is 0 Å². The van der Waals surface area contributed by atoms with E-state index in [0.717, 1.165) is 0 Å². The van der Waals surface area contributed by atoms with E-state index >= 15 is 0 Å². The Bertz CT molecular complexity index is 336. The van der Waals surface area contributed by atoms with E-state index in [9.17, 15) is 14.4 Å². The Morgan fingerprint density at radius 1 is 1.21 bits per heavy atom. The summed E-state index contributed by atoms with van der Waals surface area (Å²) < 4.78 is 5.01. The van der Waals surface area contributed by atoms with Gasteiger partial charge in [-0.3, -0.25) is 9.59 Å². The summed E-state index contributed by atoms with van der Waals surface area (Å²) in [7, 11) is 1.50. The lowest BCUT2D eigenvalue weighted by Gasteiger charge is -2.19. The number of alkyl carbamates (subject to hydrolysis) is 1. The van der Waals surface area contributed by atoms with E-state index in [1.165, 1.54) is 7.05 Å². The van der Waals surface area contributed by atoms with Crippen molar-refractivity contribution in [3.63, 3.8) is 0 Å². The van der Waals surface area contributed by atoms with E-state index in [1.54, 1.807) is 27.7 Å². The van der Waals surface area contributed by atoms with Crippen molar-refractivity contribution in [1.82, 2.24) is 16.0 Å². The van der Waals surface area contributed by atoms with Crippen LogP contribution in [0.4, 0.5) is 4.79 Å². The van der Waals surface area contributed by atoms with E-state index in [1.807, 2.05) is 0 Å². The molecule has 0 saturated carbocycles. The predicted molar refractivity (Wildman–Crippen MR) is 70.5 cm³/mol. The lowest BCUT2D eigenvalue weighted by molar-refractivity contribution is -0.128. The normalized spacial score (nSPS) is 12.3. The molecule has 0 saturated heterocycles. The average Bonchev–Trinajstić information content (AvgIpc) is 2.25. The zero-order valence-corrected chi connectivity index (χ0v) is 12.1. The molecule has 110 valence electrons. The summed E-state index contributed by atoms with van der Waals surface area (Å²) in [6.45, 7) is 7.00. The van der Waals surface area contributed by atoms with Crippen LogP contribution in [-0.2, 0) is 14.3 Å². The summed E-state index contributed by atoms with van der Waals surface area (Å²) >= 11 is 0. The zero-order valence-electron chi connectivity index (χ0n) is 12.1. The van der Waals surface area contributed by atoms with Crippen molar-refractivity contribution >= 4 is 17.9 Å². The van der Waals surface area contributed by atoms with E-state index < -0.39 is 17.7 Å². The summed E-state index contributed by atoms with van der Waals surface area (Å²) in [4.78, 5) is 33.9.